The molecule has 0 N–H and O–H groups in total. The zero-order valence-electron chi connectivity index (χ0n) is 15.0. The molecule has 0 aliphatic carbocycles. The second kappa shape index (κ2) is 7.24. The van der Waals surface area contributed by atoms with Gasteiger partial charge in [0.2, 0.25) is 5.91 Å². The molecule has 0 saturated carbocycles. The maximum atomic E-state index is 13.0. The maximum absolute atomic E-state index is 13.0. The molecule has 136 valence electrons. The molecular weight excluding hydrogens is 338 g/mol. The Morgan fingerprint density at radius 2 is 1.89 bits per heavy atom. The molecule has 0 unspecified atom stereocenters. The summed E-state index contributed by atoms with van der Waals surface area (Å²) in [5.74, 6) is -0.0925. The van der Waals surface area contributed by atoms with Crippen LogP contribution < -0.4 is 0 Å². The molecule has 2 atom stereocenters. The van der Waals surface area contributed by atoms with Gasteiger partial charge in [-0.1, -0.05) is 36.4 Å². The number of piperidine rings is 1. The molecule has 3 heterocycles. The number of hydrogen-bond acceptors (Lipinski definition) is 3. The number of nitriles is 1. The van der Waals surface area contributed by atoms with Gasteiger partial charge in [0.1, 0.15) is 0 Å². The van der Waals surface area contributed by atoms with Crippen molar-refractivity contribution < 1.29 is 9.59 Å². The number of amides is 2. The number of carbonyl (C=O) groups is 2. The number of rotatable bonds is 3. The van der Waals surface area contributed by atoms with Crippen LogP contribution in [0.1, 0.15) is 34.3 Å². The Bertz CT molecular complexity index is 903. The summed E-state index contributed by atoms with van der Waals surface area (Å²) in [5.41, 5.74) is 2.09. The molecule has 2 aromatic rings. The fraction of sp³-hybridized carbons (Fsp3) is 0.318. The van der Waals surface area contributed by atoms with Crippen molar-refractivity contribution in [3.63, 3.8) is 0 Å². The summed E-state index contributed by atoms with van der Waals surface area (Å²) in [4.78, 5) is 29.7. The Hall–Kier alpha value is -3.13. The van der Waals surface area contributed by atoms with Gasteiger partial charge in [-0.05, 0) is 36.6 Å². The SMILES string of the molecule is N#Cc1cccc(C(=O)N2C[C@H]3CC[C@@H](C2)N(Cc2ccccc2)C3=O)c1. The van der Waals surface area contributed by atoms with Gasteiger partial charge in [-0.15, -0.1) is 0 Å². The number of nitrogens with zero attached hydrogens (tertiary/aromatic N) is 3. The topological polar surface area (TPSA) is 64.4 Å². The van der Waals surface area contributed by atoms with Crippen molar-refractivity contribution in [2.75, 3.05) is 13.1 Å². The van der Waals surface area contributed by atoms with Crippen molar-refractivity contribution in [1.29, 1.82) is 5.26 Å². The Kier molecular flexibility index (Phi) is 4.64. The molecule has 0 radical (unpaired) electrons. The van der Waals surface area contributed by atoms with Gasteiger partial charge in [-0.3, -0.25) is 9.59 Å². The van der Waals surface area contributed by atoms with Crippen LogP contribution in [0.25, 0.3) is 0 Å². The summed E-state index contributed by atoms with van der Waals surface area (Å²) in [6, 6.07) is 18.9. The maximum Gasteiger partial charge on any atom is 0.253 e. The molecule has 0 spiro atoms. The molecule has 2 amide bonds. The summed E-state index contributed by atoms with van der Waals surface area (Å²) in [7, 11) is 0. The lowest BCUT2D eigenvalue weighted by Gasteiger charge is -2.36. The van der Waals surface area contributed by atoms with E-state index in [-0.39, 0.29) is 23.8 Å². The second-order valence-corrected chi connectivity index (χ2v) is 7.28. The molecule has 2 aromatic carbocycles. The zero-order chi connectivity index (χ0) is 18.8. The molecule has 5 rings (SSSR count). The zero-order valence-corrected chi connectivity index (χ0v) is 15.0. The van der Waals surface area contributed by atoms with E-state index in [0.717, 1.165) is 18.4 Å². The summed E-state index contributed by atoms with van der Waals surface area (Å²) in [6.45, 7) is 1.59. The first-order valence-corrected chi connectivity index (χ1v) is 9.29. The van der Waals surface area contributed by atoms with Gasteiger partial charge >= 0.3 is 0 Å². The first kappa shape index (κ1) is 17.3. The van der Waals surface area contributed by atoms with E-state index in [0.29, 0.717) is 30.8 Å². The van der Waals surface area contributed by atoms with Crippen molar-refractivity contribution in [1.82, 2.24) is 9.80 Å². The van der Waals surface area contributed by atoms with E-state index in [1.54, 1.807) is 29.2 Å². The van der Waals surface area contributed by atoms with Crippen molar-refractivity contribution >= 4 is 11.8 Å². The Balaban J connectivity index is 1.56. The third-order valence-electron chi connectivity index (χ3n) is 5.51. The van der Waals surface area contributed by atoms with E-state index in [9.17, 15) is 9.59 Å². The lowest BCUT2D eigenvalue weighted by atomic mass is 9.93. The van der Waals surface area contributed by atoms with Crippen LogP contribution in [0, 0.1) is 17.2 Å². The first-order chi connectivity index (χ1) is 13.2. The highest BCUT2D eigenvalue weighted by atomic mass is 16.2. The van der Waals surface area contributed by atoms with Gasteiger partial charge in [0, 0.05) is 31.2 Å². The molecular formula is C22H21N3O2. The molecule has 0 aromatic heterocycles. The standard InChI is InChI=1S/C22H21N3O2/c23-12-17-7-4-8-18(11-17)21(26)24-14-19-9-10-20(15-24)25(22(19)27)13-16-5-2-1-3-6-16/h1-8,11,19-20H,9-10,13-15H2/t19-,20+/m1/s1. The van der Waals surface area contributed by atoms with E-state index in [1.807, 2.05) is 35.2 Å². The first-order valence-electron chi connectivity index (χ1n) is 9.29. The molecule has 3 saturated heterocycles. The summed E-state index contributed by atoms with van der Waals surface area (Å²) in [6.07, 6.45) is 1.75. The smallest absolute Gasteiger partial charge is 0.253 e. The number of carbonyl (C=O) groups excluding carboxylic acids is 2. The highest BCUT2D eigenvalue weighted by Crippen LogP contribution is 2.31. The second-order valence-electron chi connectivity index (χ2n) is 7.28. The third kappa shape index (κ3) is 3.43. The van der Waals surface area contributed by atoms with Gasteiger partial charge in [0.15, 0.2) is 0 Å². The summed E-state index contributed by atoms with van der Waals surface area (Å²) < 4.78 is 0. The van der Waals surface area contributed by atoms with E-state index >= 15 is 0 Å². The highest BCUT2D eigenvalue weighted by molar-refractivity contribution is 5.95. The van der Waals surface area contributed by atoms with Gasteiger partial charge in [-0.2, -0.15) is 5.26 Å². The van der Waals surface area contributed by atoms with E-state index in [4.69, 9.17) is 5.26 Å². The minimum atomic E-state index is -0.143. The van der Waals surface area contributed by atoms with Gasteiger partial charge in [0.05, 0.1) is 17.6 Å². The molecule has 2 bridgehead atoms. The molecule has 5 heteroatoms. The predicted molar refractivity (Wildman–Crippen MR) is 101 cm³/mol. The Morgan fingerprint density at radius 1 is 1.07 bits per heavy atom. The summed E-state index contributed by atoms with van der Waals surface area (Å²) >= 11 is 0. The molecule has 27 heavy (non-hydrogen) atoms. The average molecular weight is 359 g/mol. The van der Waals surface area contributed by atoms with Gasteiger partial charge < -0.3 is 9.80 Å². The molecule has 3 fully saturated rings. The van der Waals surface area contributed by atoms with Crippen molar-refractivity contribution in [2.24, 2.45) is 5.92 Å². The van der Waals surface area contributed by atoms with Gasteiger partial charge in [0.25, 0.3) is 5.91 Å². The Labute approximate surface area is 158 Å². The minimum absolute atomic E-state index is 0.0413. The predicted octanol–water partition coefficient (Wildman–Crippen LogP) is 2.82. The third-order valence-corrected chi connectivity index (χ3v) is 5.51. The lowest BCUT2D eigenvalue weighted by molar-refractivity contribution is -0.140. The highest BCUT2D eigenvalue weighted by Gasteiger charge is 2.41. The van der Waals surface area contributed by atoms with Crippen LogP contribution >= 0.6 is 0 Å². The fourth-order valence-electron chi connectivity index (χ4n) is 4.10. The monoisotopic (exact) mass is 359 g/mol. The number of benzene rings is 2. The molecule has 5 nitrogen and oxygen atoms in total. The van der Waals surface area contributed by atoms with E-state index in [2.05, 4.69) is 6.07 Å². The van der Waals surface area contributed by atoms with Crippen LogP contribution in [0.5, 0.6) is 0 Å². The average Bonchev–Trinajstić information content (AvgIpc) is 3.01. The lowest BCUT2D eigenvalue weighted by Crippen LogP contribution is -2.47. The summed E-state index contributed by atoms with van der Waals surface area (Å²) in [5, 5.41) is 9.08. The quantitative estimate of drug-likeness (QED) is 0.846. The minimum Gasteiger partial charge on any atom is -0.336 e. The van der Waals surface area contributed by atoms with E-state index < -0.39 is 0 Å². The Morgan fingerprint density at radius 3 is 2.67 bits per heavy atom. The normalized spacial score (nSPS) is 21.7. The van der Waals surface area contributed by atoms with Crippen LogP contribution in [0.2, 0.25) is 0 Å². The van der Waals surface area contributed by atoms with Crippen LogP contribution in [-0.2, 0) is 11.3 Å². The fourth-order valence-corrected chi connectivity index (χ4v) is 4.10. The van der Waals surface area contributed by atoms with Crippen LogP contribution in [0.3, 0.4) is 0 Å². The largest absolute Gasteiger partial charge is 0.336 e. The van der Waals surface area contributed by atoms with Crippen molar-refractivity contribution in [2.45, 2.75) is 25.4 Å². The van der Waals surface area contributed by atoms with Crippen LogP contribution in [0.4, 0.5) is 0 Å². The van der Waals surface area contributed by atoms with Crippen molar-refractivity contribution in [3.05, 3.63) is 71.3 Å². The van der Waals surface area contributed by atoms with Crippen LogP contribution in [-0.4, -0.2) is 40.7 Å². The number of hydrogen-bond donors (Lipinski definition) is 0. The molecule has 3 aliphatic rings. The molecule has 3 aliphatic heterocycles. The van der Waals surface area contributed by atoms with E-state index in [1.165, 1.54) is 0 Å². The van der Waals surface area contributed by atoms with Gasteiger partial charge in [-0.25, -0.2) is 0 Å². The number of fused-ring (bicyclic) bond motifs is 4. The van der Waals surface area contributed by atoms with Crippen LogP contribution in [0.15, 0.2) is 54.6 Å². The van der Waals surface area contributed by atoms with Crippen molar-refractivity contribution in [3.8, 4) is 6.07 Å².